The van der Waals surface area contributed by atoms with E-state index in [4.69, 9.17) is 11.6 Å². The van der Waals surface area contributed by atoms with E-state index >= 15 is 0 Å². The van der Waals surface area contributed by atoms with Crippen molar-refractivity contribution in [3.8, 4) is 22.5 Å². The van der Waals surface area contributed by atoms with Crippen LogP contribution < -0.4 is 5.32 Å². The van der Waals surface area contributed by atoms with Gasteiger partial charge in [-0.3, -0.25) is 4.79 Å². The molecule has 0 fully saturated rings. The van der Waals surface area contributed by atoms with Crippen molar-refractivity contribution in [2.45, 2.75) is 36.8 Å². The summed E-state index contributed by atoms with van der Waals surface area (Å²) in [6.45, 7) is 6.45. The number of hydrogen-bond donors (Lipinski definition) is 2. The number of carbonyl (C=O) groups excluding carboxylic acids is 1. The molecule has 1 amide bonds. The SMILES string of the molecule is CC(C)(C)Sc1ccc(-c2ccccc2-c2nn[nH]n2)cc1NC(=O)Cc1ccc(Cl)cc1. The molecule has 0 saturated carbocycles. The molecule has 0 saturated heterocycles. The van der Waals surface area contributed by atoms with E-state index in [1.165, 1.54) is 0 Å². The lowest BCUT2D eigenvalue weighted by molar-refractivity contribution is -0.115. The topological polar surface area (TPSA) is 83.6 Å². The molecule has 0 bridgehead atoms. The first-order chi connectivity index (χ1) is 15.8. The van der Waals surface area contributed by atoms with Crippen LogP contribution in [0.15, 0.2) is 71.6 Å². The summed E-state index contributed by atoms with van der Waals surface area (Å²) in [5, 5.41) is 18.2. The normalized spacial score (nSPS) is 11.4. The van der Waals surface area contributed by atoms with E-state index < -0.39 is 0 Å². The summed E-state index contributed by atoms with van der Waals surface area (Å²) in [5.74, 6) is 0.434. The molecular formula is C25H24ClN5OS. The van der Waals surface area contributed by atoms with Gasteiger partial charge in [-0.15, -0.1) is 22.0 Å². The van der Waals surface area contributed by atoms with Crippen LogP contribution in [0.1, 0.15) is 26.3 Å². The lowest BCUT2D eigenvalue weighted by atomic mass is 9.99. The molecule has 0 aliphatic rings. The number of aromatic nitrogens is 4. The number of nitrogens with zero attached hydrogens (tertiary/aromatic N) is 3. The third-order valence-electron chi connectivity index (χ3n) is 4.77. The second-order valence-corrected chi connectivity index (χ2v) is 10.9. The standard InChI is InChI=1S/C25H24ClN5OS/c1-25(2,3)33-22-13-10-17(19-6-4-5-7-20(19)24-28-30-31-29-24)15-21(22)27-23(32)14-16-8-11-18(26)12-9-16/h4-13,15H,14H2,1-3H3,(H,27,32)(H,28,29,30,31). The average Bonchev–Trinajstić information content (AvgIpc) is 3.30. The van der Waals surface area contributed by atoms with Crippen LogP contribution in [0.5, 0.6) is 0 Å². The van der Waals surface area contributed by atoms with Gasteiger partial charge >= 0.3 is 0 Å². The second kappa shape index (κ2) is 9.77. The van der Waals surface area contributed by atoms with Gasteiger partial charge in [0.2, 0.25) is 11.7 Å². The molecule has 0 atom stereocenters. The summed E-state index contributed by atoms with van der Waals surface area (Å²) in [6.07, 6.45) is 0.264. The van der Waals surface area contributed by atoms with E-state index in [0.717, 1.165) is 32.8 Å². The van der Waals surface area contributed by atoms with Crippen molar-refractivity contribution < 1.29 is 4.79 Å². The van der Waals surface area contributed by atoms with Crippen molar-refractivity contribution in [2.75, 3.05) is 5.32 Å². The molecule has 6 nitrogen and oxygen atoms in total. The fourth-order valence-corrected chi connectivity index (χ4v) is 4.54. The van der Waals surface area contributed by atoms with Gasteiger partial charge in [0.15, 0.2) is 0 Å². The first-order valence-corrected chi connectivity index (χ1v) is 11.7. The summed E-state index contributed by atoms with van der Waals surface area (Å²) in [5.41, 5.74) is 4.45. The van der Waals surface area contributed by atoms with Crippen molar-refractivity contribution in [3.05, 3.63) is 77.3 Å². The Morgan fingerprint density at radius 3 is 2.42 bits per heavy atom. The van der Waals surface area contributed by atoms with Crippen LogP contribution in [0, 0.1) is 0 Å². The molecule has 4 rings (SSSR count). The number of aromatic amines is 1. The Kier molecular flexibility index (Phi) is 6.81. The first kappa shape index (κ1) is 23.0. The highest BCUT2D eigenvalue weighted by Crippen LogP contribution is 2.40. The van der Waals surface area contributed by atoms with Gasteiger partial charge in [0.1, 0.15) is 0 Å². The van der Waals surface area contributed by atoms with Gasteiger partial charge in [0, 0.05) is 20.2 Å². The van der Waals surface area contributed by atoms with Gasteiger partial charge in [0.25, 0.3) is 0 Å². The van der Waals surface area contributed by atoms with E-state index in [2.05, 4.69) is 58.8 Å². The first-order valence-electron chi connectivity index (χ1n) is 10.5. The highest BCUT2D eigenvalue weighted by atomic mass is 35.5. The number of amides is 1. The van der Waals surface area contributed by atoms with Crippen molar-refractivity contribution in [2.24, 2.45) is 0 Å². The van der Waals surface area contributed by atoms with Crippen LogP contribution in [0.4, 0.5) is 5.69 Å². The summed E-state index contributed by atoms with van der Waals surface area (Å²) in [4.78, 5) is 13.9. The smallest absolute Gasteiger partial charge is 0.228 e. The zero-order valence-corrected chi connectivity index (χ0v) is 20.2. The minimum absolute atomic E-state index is 0.0142. The fraction of sp³-hybridized carbons (Fsp3) is 0.200. The largest absolute Gasteiger partial charge is 0.325 e. The van der Waals surface area contributed by atoms with Crippen LogP contribution in [0.2, 0.25) is 5.02 Å². The lowest BCUT2D eigenvalue weighted by Crippen LogP contribution is -2.16. The highest BCUT2D eigenvalue weighted by molar-refractivity contribution is 8.00. The molecule has 0 spiro atoms. The molecular weight excluding hydrogens is 454 g/mol. The third-order valence-corrected chi connectivity index (χ3v) is 6.21. The number of anilines is 1. The van der Waals surface area contributed by atoms with Crippen molar-refractivity contribution >= 4 is 35.0 Å². The van der Waals surface area contributed by atoms with E-state index in [1.807, 2.05) is 42.5 Å². The number of halogens is 1. The molecule has 0 radical (unpaired) electrons. The number of rotatable bonds is 6. The maximum atomic E-state index is 12.9. The Morgan fingerprint density at radius 1 is 1.03 bits per heavy atom. The van der Waals surface area contributed by atoms with Gasteiger partial charge < -0.3 is 5.32 Å². The zero-order chi connectivity index (χ0) is 23.4. The van der Waals surface area contributed by atoms with Crippen LogP contribution in [-0.4, -0.2) is 31.3 Å². The van der Waals surface area contributed by atoms with Crippen LogP contribution in [-0.2, 0) is 11.2 Å². The van der Waals surface area contributed by atoms with Crippen LogP contribution in [0.3, 0.4) is 0 Å². The number of H-pyrrole nitrogens is 1. The molecule has 1 heterocycles. The van der Waals surface area contributed by atoms with E-state index in [0.29, 0.717) is 10.8 Å². The van der Waals surface area contributed by atoms with Gasteiger partial charge in [-0.2, -0.15) is 5.21 Å². The molecule has 0 aliphatic carbocycles. The van der Waals surface area contributed by atoms with E-state index in [1.54, 1.807) is 23.9 Å². The number of thioether (sulfide) groups is 1. The molecule has 3 aromatic carbocycles. The Balaban J connectivity index is 1.68. The molecule has 0 unspecified atom stereocenters. The predicted molar refractivity (Wildman–Crippen MR) is 134 cm³/mol. The molecule has 168 valence electrons. The summed E-state index contributed by atoms with van der Waals surface area (Å²) < 4.78 is -0.0142. The number of benzene rings is 3. The summed E-state index contributed by atoms with van der Waals surface area (Å²) in [6, 6.07) is 21.3. The Bertz CT molecular complexity index is 1250. The molecule has 1 aromatic heterocycles. The molecule has 4 aromatic rings. The van der Waals surface area contributed by atoms with Gasteiger partial charge in [-0.05, 0) is 46.2 Å². The minimum atomic E-state index is -0.0864. The fourth-order valence-electron chi connectivity index (χ4n) is 3.40. The summed E-state index contributed by atoms with van der Waals surface area (Å²) >= 11 is 7.68. The van der Waals surface area contributed by atoms with Gasteiger partial charge in [-0.25, -0.2) is 0 Å². The maximum absolute atomic E-state index is 12.9. The second-order valence-electron chi connectivity index (χ2n) is 8.56. The molecule has 33 heavy (non-hydrogen) atoms. The third kappa shape index (κ3) is 6.00. The van der Waals surface area contributed by atoms with Gasteiger partial charge in [-0.1, -0.05) is 74.8 Å². The number of tetrazole rings is 1. The molecule has 0 aliphatic heterocycles. The Labute approximate surface area is 202 Å². The Morgan fingerprint density at radius 2 is 1.76 bits per heavy atom. The van der Waals surface area contributed by atoms with Crippen molar-refractivity contribution in [1.82, 2.24) is 20.6 Å². The van der Waals surface area contributed by atoms with Crippen molar-refractivity contribution in [1.29, 1.82) is 0 Å². The lowest BCUT2D eigenvalue weighted by Gasteiger charge is -2.21. The highest BCUT2D eigenvalue weighted by Gasteiger charge is 2.18. The monoisotopic (exact) mass is 477 g/mol. The zero-order valence-electron chi connectivity index (χ0n) is 18.6. The number of hydrogen-bond acceptors (Lipinski definition) is 5. The van der Waals surface area contributed by atoms with Crippen LogP contribution >= 0.6 is 23.4 Å². The molecule has 8 heteroatoms. The van der Waals surface area contributed by atoms with Crippen LogP contribution in [0.25, 0.3) is 22.5 Å². The number of carbonyl (C=O) groups is 1. The Hall–Kier alpha value is -3.16. The predicted octanol–water partition coefficient (Wildman–Crippen LogP) is 6.26. The van der Waals surface area contributed by atoms with E-state index in [-0.39, 0.29) is 17.1 Å². The summed E-state index contributed by atoms with van der Waals surface area (Å²) in [7, 11) is 0. The quantitative estimate of drug-likeness (QED) is 0.320. The molecule has 2 N–H and O–H groups in total. The van der Waals surface area contributed by atoms with E-state index in [9.17, 15) is 4.79 Å². The van der Waals surface area contributed by atoms with Crippen molar-refractivity contribution in [3.63, 3.8) is 0 Å². The van der Waals surface area contributed by atoms with Gasteiger partial charge in [0.05, 0.1) is 12.1 Å². The minimum Gasteiger partial charge on any atom is -0.325 e. The average molecular weight is 478 g/mol. The maximum Gasteiger partial charge on any atom is 0.228 e. The number of nitrogens with one attached hydrogen (secondary N) is 2.